The third kappa shape index (κ3) is 95.0. The average molecular weight is 756 g/mol. The lowest BCUT2D eigenvalue weighted by molar-refractivity contribution is 0.385. The fourth-order valence-corrected chi connectivity index (χ4v) is 5.30. The zero-order valence-corrected chi connectivity index (χ0v) is 42.3. The number of unbranched alkanes of at least 4 members (excludes halogenated alkanes) is 6. The second-order valence-corrected chi connectivity index (χ2v) is 19.5. The molecule has 2 aliphatic carbocycles. The van der Waals surface area contributed by atoms with Crippen LogP contribution in [-0.4, -0.2) is 0 Å². The number of hydrogen-bond donors (Lipinski definition) is 0. The van der Waals surface area contributed by atoms with E-state index in [-0.39, 0.29) is 0 Å². The molecule has 330 valence electrons. The van der Waals surface area contributed by atoms with Gasteiger partial charge >= 0.3 is 0 Å². The Bertz CT molecular complexity index is 516. The van der Waals surface area contributed by atoms with E-state index in [0.29, 0.717) is 5.41 Å². The second-order valence-electron chi connectivity index (χ2n) is 19.5. The van der Waals surface area contributed by atoms with E-state index in [1.807, 2.05) is 0 Å². The zero-order chi connectivity index (χ0) is 42.3. The summed E-state index contributed by atoms with van der Waals surface area (Å²) in [6.45, 7) is 45.2. The highest BCUT2D eigenvalue weighted by Gasteiger charge is 2.18. The molecule has 0 nitrogen and oxygen atoms in total. The van der Waals surface area contributed by atoms with Gasteiger partial charge in [-0.1, -0.05) is 305 Å². The maximum atomic E-state index is 2.36. The summed E-state index contributed by atoms with van der Waals surface area (Å²) < 4.78 is 0. The van der Waals surface area contributed by atoms with Gasteiger partial charge < -0.3 is 0 Å². The van der Waals surface area contributed by atoms with Crippen LogP contribution in [0.4, 0.5) is 0 Å². The van der Waals surface area contributed by atoms with Crippen LogP contribution in [0.1, 0.15) is 305 Å². The Morgan fingerprint density at radius 3 is 0.943 bits per heavy atom. The van der Waals surface area contributed by atoms with Gasteiger partial charge in [-0.05, 0) is 40.9 Å². The van der Waals surface area contributed by atoms with Crippen LogP contribution in [0.3, 0.4) is 0 Å². The molecule has 2 rings (SSSR count). The van der Waals surface area contributed by atoms with Crippen molar-refractivity contribution in [3.8, 4) is 0 Å². The highest BCUT2D eigenvalue weighted by atomic mass is 14.2. The Kier molecular flexibility index (Phi) is 66.2. The molecule has 0 aliphatic heterocycles. The molecule has 0 radical (unpaired) electrons. The maximum Gasteiger partial charge on any atom is -0.0385 e. The zero-order valence-electron chi connectivity index (χ0n) is 42.3. The van der Waals surface area contributed by atoms with Crippen molar-refractivity contribution in [3.05, 3.63) is 0 Å². The summed E-state index contributed by atoms with van der Waals surface area (Å²) in [5.74, 6) is 5.84. The first-order valence-corrected chi connectivity index (χ1v) is 24.9. The standard InChI is InChI=1S/C7H14.4C7H16.C6H12.2C6H14/c1-7-5-3-2-4-6-7;2*1-4-5-6-7(2)3;1-4-6-7(3)5-2;1-3-5-7-6-4-2;1-2-3-6-4-5-6;1-5-6(2,3)4;1-4-5-6(2)3/h7H,2-6H2,1H3;3*7H,4-6H2,1-3H3;3-7H2,1-2H3;6H,2-5H2,1H3;5H2,1-4H3;6H,4-5H2,1-3H3/t;;;7-;;;;/m...1..../s1. The van der Waals surface area contributed by atoms with E-state index in [1.54, 1.807) is 0 Å². The summed E-state index contributed by atoms with van der Waals surface area (Å²) in [7, 11) is 0. The Balaban J connectivity index is -0.000000119. The van der Waals surface area contributed by atoms with Crippen molar-refractivity contribution >= 4 is 0 Å². The van der Waals surface area contributed by atoms with Crippen LogP contribution in [0.2, 0.25) is 0 Å². The molecule has 2 saturated carbocycles. The minimum atomic E-state index is 0.542. The lowest BCUT2D eigenvalue weighted by atomic mass is 9.91. The largest absolute Gasteiger partial charge is 0.0654 e. The molecule has 0 bridgehead atoms. The monoisotopic (exact) mass is 755 g/mol. The Labute approximate surface area is 345 Å². The Morgan fingerprint density at radius 2 is 0.811 bits per heavy atom. The molecule has 0 aromatic carbocycles. The van der Waals surface area contributed by atoms with Crippen LogP contribution >= 0.6 is 0 Å². The molecular formula is C53H118. The van der Waals surface area contributed by atoms with Gasteiger partial charge in [-0.3, -0.25) is 0 Å². The average Bonchev–Trinajstić information content (AvgIpc) is 3.93. The minimum Gasteiger partial charge on any atom is -0.0654 e. The molecule has 0 heteroatoms. The molecule has 0 unspecified atom stereocenters. The molecule has 0 heterocycles. The molecule has 2 fully saturated rings. The van der Waals surface area contributed by atoms with Crippen LogP contribution in [0.15, 0.2) is 0 Å². The quantitative estimate of drug-likeness (QED) is 0.130. The van der Waals surface area contributed by atoms with Gasteiger partial charge in [-0.2, -0.15) is 0 Å². The van der Waals surface area contributed by atoms with Crippen LogP contribution in [0, 0.1) is 40.9 Å². The topological polar surface area (TPSA) is 0 Å². The predicted molar refractivity (Wildman–Crippen MR) is 257 cm³/mol. The SMILES string of the molecule is CC1CCCCC1.CCC(C)(C)C.CCCC(C)C.CCCC1CC1.CCCCC(C)C.CCCCC(C)C.CCCCCCC.CCC[C@H](C)CC. The van der Waals surface area contributed by atoms with E-state index >= 15 is 0 Å². The normalized spacial score (nSPS) is 14.1. The molecule has 2 aliphatic rings. The van der Waals surface area contributed by atoms with Crippen molar-refractivity contribution in [1.82, 2.24) is 0 Å². The lowest BCUT2D eigenvalue weighted by Crippen LogP contribution is -2.00. The van der Waals surface area contributed by atoms with Crippen molar-refractivity contribution < 1.29 is 0 Å². The van der Waals surface area contributed by atoms with E-state index in [9.17, 15) is 0 Å². The smallest absolute Gasteiger partial charge is 0.0385 e. The number of hydrogen-bond acceptors (Lipinski definition) is 0. The van der Waals surface area contributed by atoms with E-state index < -0.39 is 0 Å². The molecule has 0 spiro atoms. The van der Waals surface area contributed by atoms with Gasteiger partial charge in [0.1, 0.15) is 0 Å². The first-order chi connectivity index (χ1) is 24.9. The van der Waals surface area contributed by atoms with Crippen LogP contribution in [0.25, 0.3) is 0 Å². The van der Waals surface area contributed by atoms with E-state index in [2.05, 4.69) is 138 Å². The van der Waals surface area contributed by atoms with Gasteiger partial charge in [0.15, 0.2) is 0 Å². The fraction of sp³-hybridized carbons (Fsp3) is 1.00. The third-order valence-corrected chi connectivity index (χ3v) is 10.2. The molecule has 0 aromatic rings. The van der Waals surface area contributed by atoms with Crippen molar-refractivity contribution in [2.24, 2.45) is 40.9 Å². The molecular weight excluding hydrogens is 637 g/mol. The highest BCUT2D eigenvalue weighted by Crippen LogP contribution is 2.33. The molecule has 0 saturated heterocycles. The van der Waals surface area contributed by atoms with Crippen LogP contribution in [0.5, 0.6) is 0 Å². The number of rotatable bonds is 17. The molecule has 53 heavy (non-hydrogen) atoms. The Hall–Kier alpha value is 0. The van der Waals surface area contributed by atoms with Crippen LogP contribution in [-0.2, 0) is 0 Å². The molecule has 0 N–H and O–H groups in total. The van der Waals surface area contributed by atoms with Gasteiger partial charge in [0.2, 0.25) is 0 Å². The summed E-state index contributed by atoms with van der Waals surface area (Å²) >= 11 is 0. The molecule has 0 amide bonds. The molecule has 0 aromatic heterocycles. The van der Waals surface area contributed by atoms with Crippen molar-refractivity contribution in [2.75, 3.05) is 0 Å². The second kappa shape index (κ2) is 54.1. The van der Waals surface area contributed by atoms with Gasteiger partial charge in [-0.25, -0.2) is 0 Å². The highest BCUT2D eigenvalue weighted by molar-refractivity contribution is 4.71. The minimum absolute atomic E-state index is 0.542. The fourth-order valence-electron chi connectivity index (χ4n) is 5.30. The summed E-state index contributed by atoms with van der Waals surface area (Å²) in [5, 5.41) is 0. The van der Waals surface area contributed by atoms with Crippen molar-refractivity contribution in [2.45, 2.75) is 305 Å². The van der Waals surface area contributed by atoms with Gasteiger partial charge in [0, 0.05) is 0 Å². The predicted octanol–water partition coefficient (Wildman–Crippen LogP) is 21.1. The maximum absolute atomic E-state index is 2.36. The van der Waals surface area contributed by atoms with Gasteiger partial charge in [0.25, 0.3) is 0 Å². The third-order valence-electron chi connectivity index (χ3n) is 10.2. The van der Waals surface area contributed by atoms with E-state index in [4.69, 9.17) is 0 Å². The Morgan fingerprint density at radius 1 is 0.434 bits per heavy atom. The first-order valence-electron chi connectivity index (χ1n) is 24.9. The van der Waals surface area contributed by atoms with Gasteiger partial charge in [0.05, 0.1) is 0 Å². The summed E-state index contributed by atoms with van der Waals surface area (Å²) in [6.07, 6.45) is 36.7. The summed E-state index contributed by atoms with van der Waals surface area (Å²) in [5.41, 5.74) is 0.542. The summed E-state index contributed by atoms with van der Waals surface area (Å²) in [4.78, 5) is 0. The van der Waals surface area contributed by atoms with E-state index in [0.717, 1.165) is 35.5 Å². The van der Waals surface area contributed by atoms with E-state index in [1.165, 1.54) is 167 Å². The summed E-state index contributed by atoms with van der Waals surface area (Å²) in [6, 6.07) is 0. The van der Waals surface area contributed by atoms with Crippen molar-refractivity contribution in [3.63, 3.8) is 0 Å². The first kappa shape index (κ1) is 64.9. The lowest BCUT2D eigenvalue weighted by Gasteiger charge is -2.15. The van der Waals surface area contributed by atoms with Gasteiger partial charge in [-0.15, -0.1) is 0 Å². The van der Waals surface area contributed by atoms with Crippen LogP contribution < -0.4 is 0 Å². The molecule has 1 atom stereocenters. The van der Waals surface area contributed by atoms with Crippen molar-refractivity contribution in [1.29, 1.82) is 0 Å².